The number of rotatable bonds is 7. The molecule has 0 aliphatic carbocycles. The van der Waals surface area contributed by atoms with Gasteiger partial charge in [0.1, 0.15) is 11.5 Å². The summed E-state index contributed by atoms with van der Waals surface area (Å²) in [7, 11) is 1.64. The SMILES string of the molecule is COc1ccc(CCNC(=O)C(C)Oc2cc(C)ccc2Cl)cc1. The molecule has 0 saturated carbocycles. The first-order valence-corrected chi connectivity index (χ1v) is 8.21. The lowest BCUT2D eigenvalue weighted by molar-refractivity contribution is -0.127. The highest BCUT2D eigenvalue weighted by atomic mass is 35.5. The normalized spacial score (nSPS) is 11.7. The van der Waals surface area contributed by atoms with Crippen LogP contribution in [0.4, 0.5) is 0 Å². The third kappa shape index (κ3) is 5.17. The van der Waals surface area contributed by atoms with Crippen LogP contribution in [0.15, 0.2) is 42.5 Å². The Hall–Kier alpha value is -2.20. The van der Waals surface area contributed by atoms with Gasteiger partial charge in [-0.05, 0) is 55.7 Å². The van der Waals surface area contributed by atoms with E-state index in [1.54, 1.807) is 20.1 Å². The van der Waals surface area contributed by atoms with Gasteiger partial charge in [0.05, 0.1) is 12.1 Å². The molecule has 0 aliphatic rings. The van der Waals surface area contributed by atoms with Crippen LogP contribution < -0.4 is 14.8 Å². The first-order valence-electron chi connectivity index (χ1n) is 7.83. The summed E-state index contributed by atoms with van der Waals surface area (Å²) in [6.45, 7) is 4.20. The van der Waals surface area contributed by atoms with Gasteiger partial charge in [0.2, 0.25) is 0 Å². The molecule has 1 unspecified atom stereocenters. The average Bonchev–Trinajstić information content (AvgIpc) is 2.58. The van der Waals surface area contributed by atoms with E-state index in [1.807, 2.05) is 43.3 Å². The molecule has 0 aromatic heterocycles. The monoisotopic (exact) mass is 347 g/mol. The number of benzene rings is 2. The highest BCUT2D eigenvalue weighted by molar-refractivity contribution is 6.32. The van der Waals surface area contributed by atoms with Gasteiger partial charge in [-0.2, -0.15) is 0 Å². The summed E-state index contributed by atoms with van der Waals surface area (Å²) in [6.07, 6.45) is 0.133. The second-order valence-corrected chi connectivity index (χ2v) is 5.99. The predicted molar refractivity (Wildman–Crippen MR) is 96.0 cm³/mol. The fourth-order valence-corrected chi connectivity index (χ4v) is 2.37. The van der Waals surface area contributed by atoms with Gasteiger partial charge < -0.3 is 14.8 Å². The molecule has 0 radical (unpaired) electrons. The summed E-state index contributed by atoms with van der Waals surface area (Å²) in [4.78, 5) is 12.1. The van der Waals surface area contributed by atoms with Crippen LogP contribution in [0.2, 0.25) is 5.02 Å². The average molecular weight is 348 g/mol. The van der Waals surface area contributed by atoms with Crippen molar-refractivity contribution < 1.29 is 14.3 Å². The summed E-state index contributed by atoms with van der Waals surface area (Å²) >= 11 is 6.09. The van der Waals surface area contributed by atoms with Gasteiger partial charge in [0.25, 0.3) is 5.91 Å². The molecule has 0 spiro atoms. The van der Waals surface area contributed by atoms with Gasteiger partial charge in [-0.1, -0.05) is 29.8 Å². The second kappa shape index (κ2) is 8.60. The molecule has 2 rings (SSSR count). The van der Waals surface area contributed by atoms with Crippen LogP contribution in [0.1, 0.15) is 18.1 Å². The van der Waals surface area contributed by atoms with Gasteiger partial charge >= 0.3 is 0 Å². The number of carbonyl (C=O) groups excluding carboxylic acids is 1. The van der Waals surface area contributed by atoms with Crippen LogP contribution in [0.25, 0.3) is 0 Å². The summed E-state index contributed by atoms with van der Waals surface area (Å²) in [5.74, 6) is 1.18. The van der Waals surface area contributed by atoms with Crippen molar-refractivity contribution in [1.82, 2.24) is 5.32 Å². The van der Waals surface area contributed by atoms with Crippen molar-refractivity contribution >= 4 is 17.5 Å². The third-order valence-electron chi connectivity index (χ3n) is 3.63. The van der Waals surface area contributed by atoms with Crippen molar-refractivity contribution in [3.63, 3.8) is 0 Å². The zero-order valence-corrected chi connectivity index (χ0v) is 14.9. The highest BCUT2D eigenvalue weighted by Crippen LogP contribution is 2.26. The quantitative estimate of drug-likeness (QED) is 0.829. The Morgan fingerprint density at radius 3 is 2.58 bits per heavy atom. The predicted octanol–water partition coefficient (Wildman–Crippen LogP) is 3.78. The molecule has 1 N–H and O–H groups in total. The largest absolute Gasteiger partial charge is 0.497 e. The van der Waals surface area contributed by atoms with E-state index in [-0.39, 0.29) is 5.91 Å². The van der Waals surface area contributed by atoms with Gasteiger partial charge in [-0.15, -0.1) is 0 Å². The van der Waals surface area contributed by atoms with Crippen LogP contribution in [0.5, 0.6) is 11.5 Å². The Morgan fingerprint density at radius 1 is 1.21 bits per heavy atom. The van der Waals surface area contributed by atoms with E-state index < -0.39 is 6.10 Å². The fraction of sp³-hybridized carbons (Fsp3) is 0.316. The van der Waals surface area contributed by atoms with Gasteiger partial charge in [0, 0.05) is 6.54 Å². The van der Waals surface area contributed by atoms with Gasteiger partial charge in [0.15, 0.2) is 6.10 Å². The molecule has 0 aliphatic heterocycles. The zero-order valence-electron chi connectivity index (χ0n) is 14.1. The van der Waals surface area contributed by atoms with Crippen LogP contribution in [-0.4, -0.2) is 25.7 Å². The third-order valence-corrected chi connectivity index (χ3v) is 3.94. The summed E-state index contributed by atoms with van der Waals surface area (Å²) in [5, 5.41) is 3.37. The number of methoxy groups -OCH3 is 1. The van der Waals surface area contributed by atoms with E-state index in [0.29, 0.717) is 17.3 Å². The Labute approximate surface area is 147 Å². The van der Waals surface area contributed by atoms with E-state index in [1.165, 1.54) is 0 Å². The number of halogens is 1. The Balaban J connectivity index is 1.81. The molecule has 0 bridgehead atoms. The number of amides is 1. The summed E-state index contributed by atoms with van der Waals surface area (Å²) in [6, 6.07) is 13.3. The molecule has 0 saturated heterocycles. The number of hydrogen-bond acceptors (Lipinski definition) is 3. The van der Waals surface area contributed by atoms with E-state index >= 15 is 0 Å². The lowest BCUT2D eigenvalue weighted by Gasteiger charge is -2.16. The molecule has 4 nitrogen and oxygen atoms in total. The van der Waals surface area contributed by atoms with Gasteiger partial charge in [-0.3, -0.25) is 4.79 Å². The minimum Gasteiger partial charge on any atom is -0.497 e. The first-order chi connectivity index (χ1) is 11.5. The Morgan fingerprint density at radius 2 is 1.92 bits per heavy atom. The van der Waals surface area contributed by atoms with E-state index in [2.05, 4.69) is 5.32 Å². The molecule has 0 fully saturated rings. The number of aryl methyl sites for hydroxylation is 1. The topological polar surface area (TPSA) is 47.6 Å². The molecule has 5 heteroatoms. The van der Waals surface area contributed by atoms with Crippen LogP contribution in [-0.2, 0) is 11.2 Å². The summed E-state index contributed by atoms with van der Waals surface area (Å²) in [5.41, 5.74) is 2.16. The van der Waals surface area contributed by atoms with Crippen molar-refractivity contribution in [1.29, 1.82) is 0 Å². The molecule has 128 valence electrons. The van der Waals surface area contributed by atoms with Crippen molar-refractivity contribution in [3.8, 4) is 11.5 Å². The first kappa shape index (κ1) is 18.1. The number of nitrogens with one attached hydrogen (secondary N) is 1. The number of ether oxygens (including phenoxy) is 2. The lowest BCUT2D eigenvalue weighted by Crippen LogP contribution is -2.37. The van der Waals surface area contributed by atoms with E-state index in [0.717, 1.165) is 23.3 Å². The maximum atomic E-state index is 12.1. The molecule has 2 aromatic carbocycles. The number of hydrogen-bond donors (Lipinski definition) is 1. The fourth-order valence-electron chi connectivity index (χ4n) is 2.21. The smallest absolute Gasteiger partial charge is 0.260 e. The minimum atomic E-state index is -0.611. The summed E-state index contributed by atoms with van der Waals surface area (Å²) < 4.78 is 10.8. The highest BCUT2D eigenvalue weighted by Gasteiger charge is 2.15. The van der Waals surface area contributed by atoms with Crippen molar-refractivity contribution in [2.45, 2.75) is 26.4 Å². The molecular weight excluding hydrogens is 326 g/mol. The van der Waals surface area contributed by atoms with Crippen molar-refractivity contribution in [2.24, 2.45) is 0 Å². The second-order valence-electron chi connectivity index (χ2n) is 5.58. The van der Waals surface area contributed by atoms with E-state index in [9.17, 15) is 4.79 Å². The number of carbonyl (C=O) groups is 1. The minimum absolute atomic E-state index is 0.166. The van der Waals surface area contributed by atoms with Crippen LogP contribution >= 0.6 is 11.6 Å². The standard InChI is InChI=1S/C19H22ClNO3/c1-13-4-9-17(20)18(12-13)24-14(2)19(22)21-11-10-15-5-7-16(23-3)8-6-15/h4-9,12,14H,10-11H2,1-3H3,(H,21,22). The maximum Gasteiger partial charge on any atom is 0.260 e. The van der Waals surface area contributed by atoms with Crippen LogP contribution in [0, 0.1) is 6.92 Å². The molecule has 1 atom stereocenters. The maximum absolute atomic E-state index is 12.1. The Kier molecular flexibility index (Phi) is 6.50. The van der Waals surface area contributed by atoms with E-state index in [4.69, 9.17) is 21.1 Å². The zero-order chi connectivity index (χ0) is 17.5. The molecule has 1 amide bonds. The lowest BCUT2D eigenvalue weighted by atomic mass is 10.1. The van der Waals surface area contributed by atoms with Crippen molar-refractivity contribution in [2.75, 3.05) is 13.7 Å². The molecule has 0 heterocycles. The molecule has 2 aromatic rings. The van der Waals surface area contributed by atoms with Gasteiger partial charge in [-0.25, -0.2) is 0 Å². The Bertz CT molecular complexity index is 686. The van der Waals surface area contributed by atoms with Crippen LogP contribution in [0.3, 0.4) is 0 Å². The molecule has 24 heavy (non-hydrogen) atoms. The molecular formula is C19H22ClNO3. The van der Waals surface area contributed by atoms with Crippen molar-refractivity contribution in [3.05, 3.63) is 58.6 Å².